The minimum Gasteiger partial charge on any atom is -0.307 e. The number of allylic oxidation sites excluding steroid dienone is 1. The third-order valence-electron chi connectivity index (χ3n) is 5.05. The number of benzene rings is 1. The minimum atomic E-state index is -0.396. The van der Waals surface area contributed by atoms with E-state index in [0.29, 0.717) is 16.9 Å². The summed E-state index contributed by atoms with van der Waals surface area (Å²) in [6.07, 6.45) is 3.44. The average molecular weight is 363 g/mol. The summed E-state index contributed by atoms with van der Waals surface area (Å²) in [7, 11) is 1.63. The van der Waals surface area contributed by atoms with Gasteiger partial charge in [0.25, 0.3) is 5.56 Å². The topological polar surface area (TPSA) is 66.2 Å². The maximum absolute atomic E-state index is 13.0. The number of imidazole rings is 2. The Balaban J connectivity index is 2.08. The van der Waals surface area contributed by atoms with Crippen LogP contribution in [0.4, 0.5) is 0 Å². The smallest absolute Gasteiger partial charge is 0.307 e. The summed E-state index contributed by atoms with van der Waals surface area (Å²) in [5.74, 6) is 0.641. The van der Waals surface area contributed by atoms with Gasteiger partial charge in [0.15, 0.2) is 11.2 Å². The molecule has 3 heterocycles. The highest BCUT2D eigenvalue weighted by Crippen LogP contribution is 2.25. The van der Waals surface area contributed by atoms with Crippen LogP contribution in [-0.2, 0) is 13.6 Å². The molecule has 0 unspecified atom stereocenters. The summed E-state index contributed by atoms with van der Waals surface area (Å²) < 4.78 is 6.46. The highest BCUT2D eigenvalue weighted by molar-refractivity contribution is 5.75. The van der Waals surface area contributed by atoms with Gasteiger partial charge in [-0.3, -0.25) is 18.3 Å². The van der Waals surface area contributed by atoms with Crippen LogP contribution in [0.15, 0.2) is 58.8 Å². The fourth-order valence-electron chi connectivity index (χ4n) is 3.68. The molecule has 0 spiro atoms. The molecule has 3 aromatic heterocycles. The molecule has 0 aliphatic heterocycles. The Hall–Kier alpha value is -3.35. The second kappa shape index (κ2) is 6.12. The zero-order valence-corrected chi connectivity index (χ0v) is 15.6. The van der Waals surface area contributed by atoms with Crippen molar-refractivity contribution in [3.8, 4) is 0 Å². The molecule has 0 N–H and O–H groups in total. The van der Waals surface area contributed by atoms with Crippen molar-refractivity contribution in [2.45, 2.75) is 26.4 Å². The number of aryl methyl sites for hydroxylation is 2. The van der Waals surface area contributed by atoms with Crippen molar-refractivity contribution in [2.24, 2.45) is 7.05 Å². The van der Waals surface area contributed by atoms with Gasteiger partial charge in [0.1, 0.15) is 0 Å². The van der Waals surface area contributed by atoms with Gasteiger partial charge in [-0.05, 0) is 19.4 Å². The van der Waals surface area contributed by atoms with Crippen molar-refractivity contribution in [2.75, 3.05) is 0 Å². The maximum atomic E-state index is 13.0. The number of hydrogen-bond donors (Lipinski definition) is 0. The lowest BCUT2D eigenvalue weighted by Crippen LogP contribution is -2.39. The van der Waals surface area contributed by atoms with E-state index in [0.717, 1.165) is 11.3 Å². The number of fused-ring (bicyclic) bond motifs is 3. The summed E-state index contributed by atoms with van der Waals surface area (Å²) in [5, 5.41) is 0. The lowest BCUT2D eigenvalue weighted by Gasteiger charge is -2.16. The van der Waals surface area contributed by atoms with Crippen LogP contribution < -0.4 is 11.2 Å². The molecule has 27 heavy (non-hydrogen) atoms. The van der Waals surface area contributed by atoms with Crippen LogP contribution in [0, 0.1) is 6.92 Å². The molecular formula is C20H21N5O2. The van der Waals surface area contributed by atoms with Crippen molar-refractivity contribution in [1.82, 2.24) is 23.1 Å². The summed E-state index contributed by atoms with van der Waals surface area (Å²) in [5.41, 5.74) is 2.16. The summed E-state index contributed by atoms with van der Waals surface area (Å²) in [4.78, 5) is 30.1. The third kappa shape index (κ3) is 2.38. The first-order valence-electron chi connectivity index (χ1n) is 8.81. The van der Waals surface area contributed by atoms with E-state index in [2.05, 4.69) is 35.2 Å². The predicted octanol–water partition coefficient (Wildman–Crippen LogP) is 2.25. The van der Waals surface area contributed by atoms with Crippen LogP contribution in [0.3, 0.4) is 0 Å². The van der Waals surface area contributed by atoms with Crippen LogP contribution in [0.1, 0.15) is 24.2 Å². The Bertz CT molecular complexity index is 1290. The Morgan fingerprint density at radius 3 is 2.59 bits per heavy atom. The average Bonchev–Trinajstić information content (AvgIpc) is 3.18. The molecule has 0 saturated heterocycles. The first-order valence-corrected chi connectivity index (χ1v) is 8.81. The molecule has 0 saturated carbocycles. The normalized spacial score (nSPS) is 12.7. The van der Waals surface area contributed by atoms with Crippen molar-refractivity contribution < 1.29 is 0 Å². The van der Waals surface area contributed by atoms with Crippen LogP contribution in [0.25, 0.3) is 16.9 Å². The lowest BCUT2D eigenvalue weighted by molar-refractivity contribution is 0.638. The van der Waals surface area contributed by atoms with Gasteiger partial charge in [0.2, 0.25) is 5.78 Å². The van der Waals surface area contributed by atoms with Crippen molar-refractivity contribution in [3.05, 3.63) is 81.3 Å². The molecule has 0 aliphatic rings. The first-order chi connectivity index (χ1) is 13.0. The van der Waals surface area contributed by atoms with E-state index in [1.165, 1.54) is 9.13 Å². The highest BCUT2D eigenvalue weighted by atomic mass is 16.2. The van der Waals surface area contributed by atoms with Gasteiger partial charge in [0, 0.05) is 25.5 Å². The highest BCUT2D eigenvalue weighted by Gasteiger charge is 2.22. The van der Waals surface area contributed by atoms with Gasteiger partial charge in [-0.2, -0.15) is 4.98 Å². The van der Waals surface area contributed by atoms with Crippen molar-refractivity contribution >= 4 is 16.9 Å². The molecule has 1 aromatic carbocycles. The summed E-state index contributed by atoms with van der Waals surface area (Å²) >= 11 is 0. The van der Waals surface area contributed by atoms with E-state index in [4.69, 9.17) is 0 Å². The SMILES string of the molecule is C=CCn1c(=O)c2c(nc3n([C@H](C)c4ccccc4)c(C)cn23)n(C)c1=O. The van der Waals surface area contributed by atoms with E-state index in [9.17, 15) is 9.59 Å². The van der Waals surface area contributed by atoms with Crippen molar-refractivity contribution in [3.63, 3.8) is 0 Å². The third-order valence-corrected chi connectivity index (χ3v) is 5.05. The first kappa shape index (κ1) is 17.1. The number of rotatable bonds is 4. The molecule has 4 rings (SSSR count). The van der Waals surface area contributed by atoms with Crippen LogP contribution in [-0.4, -0.2) is 23.1 Å². The van der Waals surface area contributed by atoms with E-state index in [1.54, 1.807) is 17.5 Å². The molecule has 4 aromatic rings. The Labute approximate surface area is 155 Å². The molecular weight excluding hydrogens is 342 g/mol. The van der Waals surface area contributed by atoms with Gasteiger partial charge in [-0.15, -0.1) is 6.58 Å². The van der Waals surface area contributed by atoms with Crippen LogP contribution in [0.5, 0.6) is 0 Å². The molecule has 138 valence electrons. The van der Waals surface area contributed by atoms with Gasteiger partial charge in [-0.1, -0.05) is 36.4 Å². The minimum absolute atomic E-state index is 0.0351. The summed E-state index contributed by atoms with van der Waals surface area (Å²) in [6, 6.07) is 10.2. The second-order valence-electron chi connectivity index (χ2n) is 6.73. The zero-order chi connectivity index (χ0) is 19.3. The Morgan fingerprint density at radius 2 is 1.93 bits per heavy atom. The summed E-state index contributed by atoms with van der Waals surface area (Å²) in [6.45, 7) is 7.88. The molecule has 7 nitrogen and oxygen atoms in total. The Morgan fingerprint density at radius 1 is 1.22 bits per heavy atom. The molecule has 7 heteroatoms. The second-order valence-corrected chi connectivity index (χ2v) is 6.73. The number of hydrogen-bond acceptors (Lipinski definition) is 3. The van der Waals surface area contributed by atoms with Gasteiger partial charge in [-0.25, -0.2) is 4.79 Å². The van der Waals surface area contributed by atoms with E-state index < -0.39 is 5.69 Å². The molecule has 1 atom stereocenters. The van der Waals surface area contributed by atoms with Gasteiger partial charge in [0.05, 0.1) is 6.04 Å². The number of aromatic nitrogens is 5. The molecule has 0 amide bonds. The fraction of sp³-hybridized carbons (Fsp3) is 0.250. The van der Waals surface area contributed by atoms with Crippen LogP contribution in [0.2, 0.25) is 0 Å². The lowest BCUT2D eigenvalue weighted by atomic mass is 10.1. The molecule has 0 aliphatic carbocycles. The van der Waals surface area contributed by atoms with Gasteiger partial charge >= 0.3 is 5.69 Å². The maximum Gasteiger partial charge on any atom is 0.332 e. The Kier molecular flexibility index (Phi) is 3.87. The fourth-order valence-corrected chi connectivity index (χ4v) is 3.68. The standard InChI is InChI=1S/C20H21N5O2/c1-5-11-23-18(26)16-17(22(4)20(23)27)21-19-24(16)12-13(2)25(19)14(3)15-9-7-6-8-10-15/h5-10,12,14H,1,11H2,2-4H3/t14-/m1/s1. The molecule has 0 fully saturated rings. The van der Waals surface area contributed by atoms with E-state index >= 15 is 0 Å². The number of nitrogens with zero attached hydrogens (tertiary/aromatic N) is 5. The van der Waals surface area contributed by atoms with Crippen LogP contribution >= 0.6 is 0 Å². The van der Waals surface area contributed by atoms with Gasteiger partial charge < -0.3 is 4.57 Å². The largest absolute Gasteiger partial charge is 0.332 e. The monoisotopic (exact) mass is 363 g/mol. The van der Waals surface area contributed by atoms with E-state index in [-0.39, 0.29) is 18.1 Å². The molecule has 0 radical (unpaired) electrons. The quantitative estimate of drug-likeness (QED) is 0.522. The molecule has 0 bridgehead atoms. The predicted molar refractivity (Wildman–Crippen MR) is 105 cm³/mol. The van der Waals surface area contributed by atoms with E-state index in [1.807, 2.05) is 31.3 Å². The van der Waals surface area contributed by atoms with Crippen molar-refractivity contribution in [1.29, 1.82) is 0 Å². The zero-order valence-electron chi connectivity index (χ0n) is 15.6.